The third kappa shape index (κ3) is 5.85. The summed E-state index contributed by atoms with van der Waals surface area (Å²) in [5, 5.41) is 0. The summed E-state index contributed by atoms with van der Waals surface area (Å²) in [7, 11) is 3.43. The van der Waals surface area contributed by atoms with Gasteiger partial charge in [-0.15, -0.1) is 0 Å². The van der Waals surface area contributed by atoms with Crippen molar-refractivity contribution in [1.82, 2.24) is 4.90 Å². The highest BCUT2D eigenvalue weighted by Gasteiger charge is 2.00. The van der Waals surface area contributed by atoms with Crippen molar-refractivity contribution < 1.29 is 7.86 Å². The summed E-state index contributed by atoms with van der Waals surface area (Å²) in [4.78, 5) is 12.5. The molecule has 1 amide bonds. The number of carbonyl (C=O) groups is 1. The van der Waals surface area contributed by atoms with Crippen LogP contribution in [-0.4, -0.2) is 31.5 Å². The van der Waals surface area contributed by atoms with Crippen LogP contribution in [0.1, 0.15) is 0 Å². The van der Waals surface area contributed by atoms with E-state index in [1.807, 2.05) is 0 Å². The highest BCUT2D eigenvalue weighted by Crippen LogP contribution is 2.08. The lowest BCUT2D eigenvalue weighted by atomic mass is 10.4. The molecule has 3 nitrogen and oxygen atoms in total. The lowest BCUT2D eigenvalue weighted by molar-refractivity contribution is -0.123. The molecule has 0 saturated heterocycles. The van der Waals surface area contributed by atoms with Gasteiger partial charge in [0.2, 0.25) is 5.91 Å². The maximum Gasteiger partial charge on any atom is 0.246 e. The first-order valence-corrected chi connectivity index (χ1v) is 4.84. The molecule has 0 unspecified atom stereocenters. The molecule has 0 heterocycles. The molecule has 0 aromatic rings. The maximum absolute atomic E-state index is 11.0. The third-order valence-electron chi connectivity index (χ3n) is 0.913. The predicted octanol–water partition coefficient (Wildman–Crippen LogP) is 1.76. The number of carbonyl (C=O) groups excluding carboxylic acids is 1. The van der Waals surface area contributed by atoms with Gasteiger partial charge in [-0.2, -0.15) is 0 Å². The van der Waals surface area contributed by atoms with Crippen LogP contribution in [0.2, 0.25) is 0 Å². The van der Waals surface area contributed by atoms with E-state index >= 15 is 0 Å². The molecule has 5 heteroatoms. The summed E-state index contributed by atoms with van der Waals surface area (Å²) in [5.41, 5.74) is 0. The van der Waals surface area contributed by atoms with Crippen molar-refractivity contribution in [3.05, 3.63) is 9.66 Å². The van der Waals surface area contributed by atoms with E-state index in [0.717, 1.165) is 3.58 Å². The molecule has 64 valence electrons. The molecule has 0 aliphatic carbocycles. The van der Waals surface area contributed by atoms with E-state index in [1.54, 1.807) is 43.2 Å². The first kappa shape index (κ1) is 11.6. The minimum Gasteiger partial charge on any atom is -0.345 e. The monoisotopic (exact) mass is 381 g/mol. The van der Waals surface area contributed by atoms with Crippen LogP contribution in [0, 0.1) is 0 Å². The van der Waals surface area contributed by atoms with E-state index in [2.05, 4.69) is 22.6 Å². The van der Waals surface area contributed by atoms with Crippen LogP contribution in [0.3, 0.4) is 0 Å². The van der Waals surface area contributed by atoms with E-state index in [4.69, 9.17) is 3.07 Å². The molecule has 0 aromatic heterocycles. The average Bonchev–Trinajstić information content (AvgIpc) is 1.87. The predicted molar refractivity (Wildman–Crippen MR) is 60.8 cm³/mol. The fourth-order valence-electron chi connectivity index (χ4n) is 0.357. The van der Waals surface area contributed by atoms with E-state index in [-0.39, 0.29) is 5.91 Å². The fraction of sp³-hybridized carbons (Fsp3) is 0.500. The lowest BCUT2D eigenvalue weighted by Gasteiger charge is -2.05. The van der Waals surface area contributed by atoms with Crippen molar-refractivity contribution in [2.45, 2.75) is 0 Å². The van der Waals surface area contributed by atoms with Gasteiger partial charge < -0.3 is 7.97 Å². The second kappa shape index (κ2) is 6.18. The molecule has 0 rings (SSSR count). The van der Waals surface area contributed by atoms with E-state index in [9.17, 15) is 4.79 Å². The minimum atomic E-state index is -0.0112. The SMILES string of the molecule is CN(C)C(=O)/C=C(\I)COI. The van der Waals surface area contributed by atoms with Crippen molar-refractivity contribution in [2.75, 3.05) is 20.7 Å². The largest absolute Gasteiger partial charge is 0.345 e. The summed E-state index contributed by atoms with van der Waals surface area (Å²) in [6.45, 7) is 0.487. The molecule has 11 heavy (non-hydrogen) atoms. The summed E-state index contributed by atoms with van der Waals surface area (Å²) in [6.07, 6.45) is 1.55. The number of halogens is 2. The van der Waals surface area contributed by atoms with Crippen LogP contribution in [0.25, 0.3) is 0 Å². The Morgan fingerprint density at radius 2 is 2.18 bits per heavy atom. The third-order valence-corrected chi connectivity index (χ3v) is 1.85. The Hall–Kier alpha value is 0.630. The topological polar surface area (TPSA) is 29.5 Å². The molecule has 0 spiro atoms. The van der Waals surface area contributed by atoms with Crippen molar-refractivity contribution in [3.8, 4) is 0 Å². The lowest BCUT2D eigenvalue weighted by Crippen LogP contribution is -2.19. The van der Waals surface area contributed by atoms with Gasteiger partial charge in [-0.25, -0.2) is 0 Å². The normalized spacial score (nSPS) is 11.5. The highest BCUT2D eigenvalue weighted by molar-refractivity contribution is 14.1. The number of nitrogens with zero attached hydrogens (tertiary/aromatic N) is 1. The van der Waals surface area contributed by atoms with E-state index < -0.39 is 0 Å². The Kier molecular flexibility index (Phi) is 6.53. The standard InChI is InChI=1S/C6H9I2NO2/c1-9(2)6(10)3-5(7)4-11-8/h3H,4H2,1-2H3/b5-3-. The number of likely N-dealkylation sites (N-methyl/N-ethyl adjacent to an activating group) is 1. The molecule has 0 N–H and O–H groups in total. The van der Waals surface area contributed by atoms with Crippen LogP contribution < -0.4 is 0 Å². The number of hydrogen-bond acceptors (Lipinski definition) is 2. The zero-order valence-electron chi connectivity index (χ0n) is 6.30. The summed E-state index contributed by atoms with van der Waals surface area (Å²) < 4.78 is 5.71. The van der Waals surface area contributed by atoms with Crippen molar-refractivity contribution in [2.24, 2.45) is 0 Å². The van der Waals surface area contributed by atoms with Gasteiger partial charge in [-0.05, 0) is 22.6 Å². The van der Waals surface area contributed by atoms with Gasteiger partial charge in [-0.3, -0.25) is 4.79 Å². The second-order valence-electron chi connectivity index (χ2n) is 2.08. The first-order chi connectivity index (χ1) is 5.07. The summed E-state index contributed by atoms with van der Waals surface area (Å²) in [5.74, 6) is -0.0112. The molecule has 0 atom stereocenters. The molecular formula is C6H9I2NO2. The van der Waals surface area contributed by atoms with Crippen LogP contribution in [0.15, 0.2) is 9.66 Å². The Morgan fingerprint density at radius 1 is 1.64 bits per heavy atom. The molecule has 0 radical (unpaired) electrons. The quantitative estimate of drug-likeness (QED) is 0.551. The highest BCUT2D eigenvalue weighted by atomic mass is 127. The number of hydrogen-bond donors (Lipinski definition) is 0. The molecule has 0 aliphatic heterocycles. The van der Waals surface area contributed by atoms with Crippen LogP contribution >= 0.6 is 45.6 Å². The fourth-order valence-corrected chi connectivity index (χ4v) is 1.71. The Bertz CT molecular complexity index is 168. The smallest absolute Gasteiger partial charge is 0.246 e. The maximum atomic E-state index is 11.0. The second-order valence-corrected chi connectivity index (χ2v) is 4.09. The number of rotatable bonds is 3. The van der Waals surface area contributed by atoms with Gasteiger partial charge in [0, 0.05) is 23.8 Å². The molecule has 0 aromatic carbocycles. The van der Waals surface area contributed by atoms with Gasteiger partial charge >= 0.3 is 0 Å². The average molecular weight is 381 g/mol. The van der Waals surface area contributed by atoms with Gasteiger partial charge in [0.1, 0.15) is 23.0 Å². The molecule has 0 saturated carbocycles. The number of amides is 1. The minimum absolute atomic E-state index is 0.0112. The Morgan fingerprint density at radius 3 is 2.55 bits per heavy atom. The zero-order chi connectivity index (χ0) is 8.85. The molecule has 0 aliphatic rings. The van der Waals surface area contributed by atoms with Crippen molar-refractivity contribution >= 4 is 51.5 Å². The van der Waals surface area contributed by atoms with Crippen molar-refractivity contribution in [3.63, 3.8) is 0 Å². The summed E-state index contributed by atoms with van der Waals surface area (Å²) in [6, 6.07) is 0. The Balaban J connectivity index is 3.97. The van der Waals surface area contributed by atoms with Crippen LogP contribution in [0.4, 0.5) is 0 Å². The van der Waals surface area contributed by atoms with Gasteiger partial charge in [0.15, 0.2) is 0 Å². The zero-order valence-corrected chi connectivity index (χ0v) is 10.6. The van der Waals surface area contributed by atoms with Crippen LogP contribution in [0.5, 0.6) is 0 Å². The van der Waals surface area contributed by atoms with E-state index in [0.29, 0.717) is 6.61 Å². The van der Waals surface area contributed by atoms with E-state index in [1.165, 1.54) is 4.90 Å². The Labute approximate surface area is 94.0 Å². The van der Waals surface area contributed by atoms with Gasteiger partial charge in [-0.1, -0.05) is 0 Å². The van der Waals surface area contributed by atoms with Crippen LogP contribution in [-0.2, 0) is 7.86 Å². The van der Waals surface area contributed by atoms with Crippen molar-refractivity contribution in [1.29, 1.82) is 0 Å². The van der Waals surface area contributed by atoms with Gasteiger partial charge in [0.25, 0.3) is 0 Å². The first-order valence-electron chi connectivity index (χ1n) is 2.89. The summed E-state index contributed by atoms with van der Waals surface area (Å²) >= 11 is 3.87. The molecule has 0 fully saturated rings. The molecule has 0 bridgehead atoms. The molecular weight excluding hydrogens is 372 g/mol. The van der Waals surface area contributed by atoms with Gasteiger partial charge in [0.05, 0.1) is 6.61 Å².